The largest absolute Gasteiger partial charge is 0.458 e. The molecule has 6 nitrogen and oxygen atoms in total. The van der Waals surface area contributed by atoms with Crippen LogP contribution in [0.1, 0.15) is 32.6 Å². The third-order valence-electron chi connectivity index (χ3n) is 3.36. The molecule has 126 valence electrons. The highest BCUT2D eigenvalue weighted by atomic mass is 16.5. The standard InChI is InChI=1S/C18H21N3O3/c1-2-3-4-8-13-24-18(23)17(22)20-15-11-12-21(19-14-15)16-9-6-5-7-10-16/h5-7,9-12,14H,2-4,8,13H2,1H3. The van der Waals surface area contributed by atoms with Gasteiger partial charge >= 0.3 is 11.9 Å². The van der Waals surface area contributed by atoms with Crippen molar-refractivity contribution in [2.75, 3.05) is 6.61 Å². The predicted molar refractivity (Wildman–Crippen MR) is 89.2 cm³/mol. The van der Waals surface area contributed by atoms with Crippen molar-refractivity contribution in [3.05, 3.63) is 54.1 Å². The normalized spacial score (nSPS) is 11.3. The van der Waals surface area contributed by atoms with E-state index in [-0.39, 0.29) is 6.61 Å². The van der Waals surface area contributed by atoms with Crippen LogP contribution in [0.4, 0.5) is 0 Å². The van der Waals surface area contributed by atoms with Gasteiger partial charge in [-0.25, -0.2) is 14.5 Å². The quantitative estimate of drug-likeness (QED) is 0.464. The summed E-state index contributed by atoms with van der Waals surface area (Å²) in [5, 5.41) is 4.49. The summed E-state index contributed by atoms with van der Waals surface area (Å²) in [7, 11) is 0. The van der Waals surface area contributed by atoms with Gasteiger partial charge in [-0.1, -0.05) is 44.4 Å². The molecule has 0 saturated carbocycles. The van der Waals surface area contributed by atoms with Gasteiger partial charge in [-0.05, 0) is 24.6 Å². The van der Waals surface area contributed by atoms with Crippen LogP contribution in [0.3, 0.4) is 0 Å². The molecule has 2 rings (SSSR count). The van der Waals surface area contributed by atoms with Crippen molar-refractivity contribution >= 4 is 11.9 Å². The molecule has 6 heteroatoms. The third kappa shape index (κ3) is 5.46. The molecule has 0 aliphatic heterocycles. The molecule has 24 heavy (non-hydrogen) atoms. The molecule has 0 N–H and O–H groups in total. The van der Waals surface area contributed by atoms with Gasteiger partial charge in [0.15, 0.2) is 0 Å². The first-order chi connectivity index (χ1) is 11.7. The molecule has 0 unspecified atom stereocenters. The van der Waals surface area contributed by atoms with E-state index in [2.05, 4.69) is 17.0 Å². The zero-order valence-electron chi connectivity index (χ0n) is 13.7. The third-order valence-corrected chi connectivity index (χ3v) is 3.36. The van der Waals surface area contributed by atoms with E-state index in [9.17, 15) is 9.59 Å². The van der Waals surface area contributed by atoms with Crippen molar-refractivity contribution in [3.63, 3.8) is 0 Å². The number of esters is 1. The lowest BCUT2D eigenvalue weighted by Crippen LogP contribution is -2.19. The van der Waals surface area contributed by atoms with E-state index in [1.807, 2.05) is 30.3 Å². The van der Waals surface area contributed by atoms with Crippen molar-refractivity contribution in [3.8, 4) is 5.69 Å². The monoisotopic (exact) mass is 327 g/mol. The average Bonchev–Trinajstić information content (AvgIpc) is 2.62. The molecule has 1 aromatic carbocycles. The van der Waals surface area contributed by atoms with Crippen molar-refractivity contribution in [1.82, 2.24) is 9.78 Å². The van der Waals surface area contributed by atoms with Crippen LogP contribution in [-0.4, -0.2) is 28.3 Å². The number of carbonyl (C=O) groups excluding carboxylic acids is 2. The second-order valence-corrected chi connectivity index (χ2v) is 5.28. The van der Waals surface area contributed by atoms with Crippen LogP contribution >= 0.6 is 0 Å². The van der Waals surface area contributed by atoms with Crippen molar-refractivity contribution < 1.29 is 14.3 Å². The molecule has 0 aliphatic carbocycles. The predicted octanol–water partition coefficient (Wildman–Crippen LogP) is 2.42. The summed E-state index contributed by atoms with van der Waals surface area (Å²) in [5.74, 6) is -1.84. The Hall–Kier alpha value is -2.76. The Labute approximate surface area is 140 Å². The van der Waals surface area contributed by atoms with E-state index in [0.29, 0.717) is 5.36 Å². The van der Waals surface area contributed by atoms with E-state index < -0.39 is 11.9 Å². The summed E-state index contributed by atoms with van der Waals surface area (Å²) in [6.45, 7) is 2.35. The lowest BCUT2D eigenvalue weighted by atomic mass is 10.2. The maximum absolute atomic E-state index is 11.7. The van der Waals surface area contributed by atoms with Gasteiger partial charge in [-0.2, -0.15) is 5.10 Å². The second-order valence-electron chi connectivity index (χ2n) is 5.28. The highest BCUT2D eigenvalue weighted by Crippen LogP contribution is 2.02. The van der Waals surface area contributed by atoms with Gasteiger partial charge in [0.2, 0.25) is 0 Å². The SMILES string of the molecule is CCCCCCOC(=O)C(=O)N=c1ccn(-c2ccccc2)nc1. The molecule has 0 aliphatic rings. The highest BCUT2D eigenvalue weighted by Gasteiger charge is 2.13. The van der Waals surface area contributed by atoms with E-state index in [1.165, 1.54) is 6.20 Å². The average molecular weight is 327 g/mol. The zero-order valence-corrected chi connectivity index (χ0v) is 13.7. The number of para-hydroxylation sites is 1. The van der Waals surface area contributed by atoms with Gasteiger partial charge in [0.1, 0.15) is 0 Å². The Balaban J connectivity index is 1.93. The molecule has 0 bridgehead atoms. The van der Waals surface area contributed by atoms with Crippen LogP contribution < -0.4 is 5.36 Å². The minimum absolute atomic E-state index is 0.251. The lowest BCUT2D eigenvalue weighted by molar-refractivity contribution is -0.153. The Kier molecular flexibility index (Phi) is 6.89. The van der Waals surface area contributed by atoms with E-state index in [1.54, 1.807) is 16.9 Å². The molecule has 1 heterocycles. The first-order valence-electron chi connectivity index (χ1n) is 8.07. The topological polar surface area (TPSA) is 73.6 Å². The lowest BCUT2D eigenvalue weighted by Gasteiger charge is -2.03. The summed E-state index contributed by atoms with van der Waals surface area (Å²) < 4.78 is 6.56. The Morgan fingerprint density at radius 3 is 2.58 bits per heavy atom. The fourth-order valence-corrected chi connectivity index (χ4v) is 2.07. The van der Waals surface area contributed by atoms with Gasteiger partial charge < -0.3 is 4.74 Å². The number of benzene rings is 1. The van der Waals surface area contributed by atoms with Crippen LogP contribution in [0.15, 0.2) is 53.8 Å². The molecule has 0 saturated heterocycles. The number of rotatable bonds is 6. The van der Waals surface area contributed by atoms with Crippen LogP contribution in [0.2, 0.25) is 0 Å². The van der Waals surface area contributed by atoms with Gasteiger partial charge in [-0.15, -0.1) is 0 Å². The van der Waals surface area contributed by atoms with Crippen LogP contribution in [0.25, 0.3) is 5.69 Å². The van der Waals surface area contributed by atoms with Crippen LogP contribution in [-0.2, 0) is 14.3 Å². The molecule has 0 atom stereocenters. The first kappa shape index (κ1) is 17.6. The summed E-state index contributed by atoms with van der Waals surface area (Å²) in [5.41, 5.74) is 0.891. The number of hydrogen-bond donors (Lipinski definition) is 0. The van der Waals surface area contributed by atoms with Gasteiger partial charge in [-0.3, -0.25) is 4.79 Å². The summed E-state index contributed by atoms with van der Waals surface area (Å²) in [4.78, 5) is 27.0. The van der Waals surface area contributed by atoms with Gasteiger partial charge in [0.05, 0.1) is 23.8 Å². The van der Waals surface area contributed by atoms with E-state index >= 15 is 0 Å². The molecule has 2 aromatic rings. The van der Waals surface area contributed by atoms with Gasteiger partial charge in [0.25, 0.3) is 0 Å². The zero-order chi connectivity index (χ0) is 17.2. The summed E-state index contributed by atoms with van der Waals surface area (Å²) in [6.07, 6.45) is 7.05. The van der Waals surface area contributed by atoms with Crippen molar-refractivity contribution in [2.24, 2.45) is 4.99 Å². The van der Waals surface area contributed by atoms with Crippen LogP contribution in [0, 0.1) is 0 Å². The number of aromatic nitrogens is 2. The van der Waals surface area contributed by atoms with Gasteiger partial charge in [0, 0.05) is 6.20 Å². The van der Waals surface area contributed by atoms with Crippen molar-refractivity contribution in [1.29, 1.82) is 0 Å². The number of hydrogen-bond acceptors (Lipinski definition) is 4. The molecule has 1 amide bonds. The number of ether oxygens (including phenoxy) is 1. The maximum atomic E-state index is 11.7. The van der Waals surface area contributed by atoms with Crippen LogP contribution in [0.5, 0.6) is 0 Å². The molecule has 0 spiro atoms. The van der Waals surface area contributed by atoms with E-state index in [4.69, 9.17) is 4.74 Å². The van der Waals surface area contributed by atoms with Crippen molar-refractivity contribution in [2.45, 2.75) is 32.6 Å². The number of nitrogens with zero attached hydrogens (tertiary/aromatic N) is 3. The Morgan fingerprint density at radius 1 is 1.12 bits per heavy atom. The van der Waals surface area contributed by atoms with E-state index in [0.717, 1.165) is 31.4 Å². The molecule has 0 radical (unpaired) electrons. The number of carbonyl (C=O) groups is 2. The number of unbranched alkanes of at least 4 members (excludes halogenated alkanes) is 3. The smallest absolute Gasteiger partial charge is 0.399 e. The molecular formula is C18H21N3O3. The second kappa shape index (κ2) is 9.39. The number of amides is 1. The fraction of sp³-hybridized carbons (Fsp3) is 0.333. The Bertz CT molecular complexity index is 718. The Morgan fingerprint density at radius 2 is 1.92 bits per heavy atom. The minimum atomic E-state index is -0.925. The fourth-order valence-electron chi connectivity index (χ4n) is 2.07. The molecule has 0 fully saturated rings. The maximum Gasteiger partial charge on any atom is 0.399 e. The summed E-state index contributed by atoms with van der Waals surface area (Å²) >= 11 is 0. The minimum Gasteiger partial charge on any atom is -0.458 e. The first-order valence-corrected chi connectivity index (χ1v) is 8.07. The molecule has 1 aromatic heterocycles. The molecular weight excluding hydrogens is 306 g/mol. The highest BCUT2D eigenvalue weighted by molar-refractivity contribution is 6.32. The summed E-state index contributed by atoms with van der Waals surface area (Å²) in [6, 6.07) is 11.2.